The van der Waals surface area contributed by atoms with Crippen molar-refractivity contribution in [2.24, 2.45) is 0 Å². The number of hydrogen-bond donors (Lipinski definition) is 2. The fraction of sp³-hybridized carbons (Fsp3) is 0.308. The minimum absolute atomic E-state index is 0.777. The van der Waals surface area contributed by atoms with Crippen LogP contribution in [-0.2, 0) is 16.8 Å². The molecule has 2 heterocycles. The van der Waals surface area contributed by atoms with Crippen LogP contribution in [0.2, 0.25) is 0 Å². The summed E-state index contributed by atoms with van der Waals surface area (Å²) in [5.74, 6) is -1.04. The third-order valence-corrected chi connectivity index (χ3v) is 3.70. The normalized spacial score (nSPS) is 23.6. The molecule has 4 heteroatoms. The van der Waals surface area contributed by atoms with Gasteiger partial charge in [0.1, 0.15) is 5.97 Å². The highest BCUT2D eigenvalue weighted by Crippen LogP contribution is 2.30. The quantitative estimate of drug-likeness (QED) is 0.676. The summed E-state index contributed by atoms with van der Waals surface area (Å²) in [6, 6.07) is 7.94. The molecule has 1 aromatic carbocycles. The lowest BCUT2D eigenvalue weighted by atomic mass is 9.89. The molecule has 0 radical (unpaired) electrons. The van der Waals surface area contributed by atoms with Crippen molar-refractivity contribution in [3.05, 3.63) is 35.5 Å². The Hall–Kier alpha value is -1.81. The van der Waals surface area contributed by atoms with E-state index in [9.17, 15) is 9.90 Å². The van der Waals surface area contributed by atoms with Crippen LogP contribution in [0.5, 0.6) is 0 Å². The molecule has 1 unspecified atom stereocenters. The molecular weight excluding hydrogens is 216 g/mol. The molecule has 1 atom stereocenters. The maximum atomic E-state index is 11.4. The lowest BCUT2D eigenvalue weighted by Gasteiger charge is -2.32. The molecule has 3 rings (SSSR count). The fourth-order valence-electron chi connectivity index (χ4n) is 2.70. The number of fused-ring (bicyclic) bond motifs is 3. The van der Waals surface area contributed by atoms with E-state index in [0.29, 0.717) is 0 Å². The summed E-state index contributed by atoms with van der Waals surface area (Å²) >= 11 is 0. The third-order valence-electron chi connectivity index (χ3n) is 3.70. The summed E-state index contributed by atoms with van der Waals surface area (Å²) in [6.07, 6.45) is 0.891. The number of quaternary nitrogens is 1. The van der Waals surface area contributed by atoms with Gasteiger partial charge in [0.15, 0.2) is 5.54 Å². The Labute approximate surface area is 98.6 Å². The van der Waals surface area contributed by atoms with Gasteiger partial charge in [0, 0.05) is 24.2 Å². The van der Waals surface area contributed by atoms with Gasteiger partial charge in [-0.15, -0.1) is 0 Å². The summed E-state index contributed by atoms with van der Waals surface area (Å²) in [5.41, 5.74) is 1.91. The van der Waals surface area contributed by atoms with Crippen molar-refractivity contribution in [3.63, 3.8) is 0 Å². The van der Waals surface area contributed by atoms with Gasteiger partial charge in [0.25, 0.3) is 0 Å². The van der Waals surface area contributed by atoms with Crippen LogP contribution in [0.1, 0.15) is 18.2 Å². The Balaban J connectivity index is 2.31. The van der Waals surface area contributed by atoms with Crippen molar-refractivity contribution in [3.8, 4) is 0 Å². The summed E-state index contributed by atoms with van der Waals surface area (Å²) in [5, 5.41) is 14.3. The number of hydrogen-bond acceptors (Lipinski definition) is 2. The van der Waals surface area contributed by atoms with Crippen LogP contribution in [0, 0.1) is 0 Å². The molecule has 0 bridgehead atoms. The second kappa shape index (κ2) is 3.34. The van der Waals surface area contributed by atoms with Crippen LogP contribution in [0.4, 0.5) is 0 Å². The summed E-state index contributed by atoms with van der Waals surface area (Å²) < 4.78 is 0. The van der Waals surface area contributed by atoms with E-state index in [4.69, 9.17) is 0 Å². The monoisotopic (exact) mass is 230 g/mol. The average molecular weight is 230 g/mol. The number of para-hydroxylation sites is 1. The van der Waals surface area contributed by atoms with Crippen molar-refractivity contribution in [1.29, 1.82) is 0 Å². The van der Waals surface area contributed by atoms with E-state index < -0.39 is 11.5 Å². The standard InChI is InChI=1S/C13H14N2O2/c1-13(12(16)17)11-9(6-7-14-13)8-4-2-3-5-10(8)15-11/h2-5,14-15H,6-7H2,1H3,(H,16,17). The topological polar surface area (TPSA) is 72.5 Å². The van der Waals surface area contributed by atoms with Crippen molar-refractivity contribution in [2.75, 3.05) is 6.54 Å². The van der Waals surface area contributed by atoms with E-state index in [1.165, 1.54) is 0 Å². The predicted octanol–water partition coefficient (Wildman–Crippen LogP) is -0.747. The minimum atomic E-state index is -1.04. The first-order valence-corrected chi connectivity index (χ1v) is 5.79. The number of aromatic amines is 1. The van der Waals surface area contributed by atoms with Crippen molar-refractivity contribution >= 4 is 16.9 Å². The molecule has 3 N–H and O–H groups in total. The number of carbonyl (C=O) groups is 1. The molecule has 4 nitrogen and oxygen atoms in total. The molecule has 1 aliphatic heterocycles. The number of aliphatic carboxylic acids is 1. The molecule has 0 saturated carbocycles. The van der Waals surface area contributed by atoms with Gasteiger partial charge in [0.05, 0.1) is 12.2 Å². The Morgan fingerprint density at radius 2 is 2.24 bits per heavy atom. The molecule has 1 aliphatic rings. The van der Waals surface area contributed by atoms with Crippen molar-refractivity contribution in [2.45, 2.75) is 18.9 Å². The number of benzene rings is 1. The van der Waals surface area contributed by atoms with Crippen LogP contribution in [0.25, 0.3) is 10.9 Å². The summed E-state index contributed by atoms with van der Waals surface area (Å²) in [7, 11) is 0. The zero-order chi connectivity index (χ0) is 12.0. The molecular formula is C13H14N2O2. The number of carboxylic acids is 1. The van der Waals surface area contributed by atoms with Gasteiger partial charge in [-0.3, -0.25) is 0 Å². The van der Waals surface area contributed by atoms with Gasteiger partial charge in [-0.25, -0.2) is 0 Å². The number of H-pyrrole nitrogens is 1. The van der Waals surface area contributed by atoms with Gasteiger partial charge in [-0.05, 0) is 11.6 Å². The third kappa shape index (κ3) is 1.31. The lowest BCUT2D eigenvalue weighted by molar-refractivity contribution is -0.728. The van der Waals surface area contributed by atoms with Gasteiger partial charge < -0.3 is 20.2 Å². The first-order valence-electron chi connectivity index (χ1n) is 5.79. The first kappa shape index (κ1) is 10.4. The number of nitrogens with one attached hydrogen (secondary N) is 1. The van der Waals surface area contributed by atoms with E-state index in [0.717, 1.165) is 35.1 Å². The highest BCUT2D eigenvalue weighted by Gasteiger charge is 2.39. The minimum Gasteiger partial charge on any atom is -0.543 e. The van der Waals surface area contributed by atoms with E-state index >= 15 is 0 Å². The number of nitrogens with two attached hydrogens (primary N) is 1. The Morgan fingerprint density at radius 1 is 1.47 bits per heavy atom. The Morgan fingerprint density at radius 3 is 3.00 bits per heavy atom. The zero-order valence-electron chi connectivity index (χ0n) is 9.62. The van der Waals surface area contributed by atoms with Crippen LogP contribution in [0.15, 0.2) is 24.3 Å². The smallest absolute Gasteiger partial charge is 0.174 e. The predicted molar refractivity (Wildman–Crippen MR) is 61.2 cm³/mol. The van der Waals surface area contributed by atoms with Crippen LogP contribution < -0.4 is 10.4 Å². The molecule has 0 aliphatic carbocycles. The Kier molecular flexibility index (Phi) is 2.03. The maximum absolute atomic E-state index is 11.4. The zero-order valence-corrected chi connectivity index (χ0v) is 9.62. The number of carboxylic acid groups (broad SMARTS) is 1. The molecule has 1 aromatic heterocycles. The molecule has 2 aromatic rings. The lowest BCUT2D eigenvalue weighted by Crippen LogP contribution is -2.99. The average Bonchev–Trinajstić information content (AvgIpc) is 2.70. The molecule has 0 amide bonds. The Bertz CT molecular complexity index is 602. The van der Waals surface area contributed by atoms with Gasteiger partial charge in [-0.2, -0.15) is 0 Å². The van der Waals surface area contributed by atoms with Crippen LogP contribution in [0.3, 0.4) is 0 Å². The van der Waals surface area contributed by atoms with E-state index in [-0.39, 0.29) is 0 Å². The fourth-order valence-corrected chi connectivity index (χ4v) is 2.70. The van der Waals surface area contributed by atoms with Crippen LogP contribution in [-0.4, -0.2) is 17.5 Å². The van der Waals surface area contributed by atoms with Gasteiger partial charge >= 0.3 is 0 Å². The van der Waals surface area contributed by atoms with Gasteiger partial charge in [-0.1, -0.05) is 18.2 Å². The van der Waals surface area contributed by atoms with E-state index in [2.05, 4.69) is 4.98 Å². The van der Waals surface area contributed by atoms with Gasteiger partial charge in [0.2, 0.25) is 0 Å². The van der Waals surface area contributed by atoms with Crippen molar-refractivity contribution < 1.29 is 15.2 Å². The summed E-state index contributed by atoms with van der Waals surface area (Å²) in [4.78, 5) is 14.6. The van der Waals surface area contributed by atoms with Crippen molar-refractivity contribution in [1.82, 2.24) is 4.98 Å². The first-order chi connectivity index (χ1) is 8.13. The second-order valence-electron chi connectivity index (χ2n) is 4.76. The highest BCUT2D eigenvalue weighted by atomic mass is 16.4. The van der Waals surface area contributed by atoms with Crippen LogP contribution >= 0.6 is 0 Å². The number of aromatic nitrogens is 1. The van der Waals surface area contributed by atoms with E-state index in [1.807, 2.05) is 29.6 Å². The largest absolute Gasteiger partial charge is 0.543 e. The molecule has 0 spiro atoms. The number of rotatable bonds is 1. The SMILES string of the molecule is CC1(C(=O)[O-])[NH2+]CCc2c1[nH]c1ccccc21. The molecule has 0 saturated heterocycles. The maximum Gasteiger partial charge on any atom is 0.174 e. The molecule has 0 fully saturated rings. The number of carbonyl (C=O) groups excluding carboxylic acids is 1. The highest BCUT2D eigenvalue weighted by molar-refractivity contribution is 5.88. The van der Waals surface area contributed by atoms with E-state index in [1.54, 1.807) is 6.92 Å². The molecule has 88 valence electrons. The molecule has 17 heavy (non-hydrogen) atoms. The second-order valence-corrected chi connectivity index (χ2v) is 4.76. The summed E-state index contributed by atoms with van der Waals surface area (Å²) in [6.45, 7) is 2.48.